The summed E-state index contributed by atoms with van der Waals surface area (Å²) in [6, 6.07) is 0. The van der Waals surface area contributed by atoms with Crippen LogP contribution in [0.25, 0.3) is 0 Å². The Morgan fingerprint density at radius 1 is 1.55 bits per heavy atom. The van der Waals surface area contributed by atoms with Crippen molar-refractivity contribution in [3.8, 4) is 0 Å². The number of hydrogen-bond acceptors (Lipinski definition) is 3. The third-order valence-corrected chi connectivity index (χ3v) is 1.85. The second kappa shape index (κ2) is 3.52. The van der Waals surface area contributed by atoms with Crippen LogP contribution >= 0.6 is 0 Å². The molecule has 0 spiro atoms. The molecule has 1 unspecified atom stereocenters. The van der Waals surface area contributed by atoms with Gasteiger partial charge in [0.25, 0.3) is 0 Å². The first-order valence-electron chi connectivity index (χ1n) is 4.16. The summed E-state index contributed by atoms with van der Waals surface area (Å²) in [5, 5.41) is 3.17. The number of ether oxygens (including phenoxy) is 2. The van der Waals surface area contributed by atoms with Gasteiger partial charge in [0, 0.05) is 19.7 Å². The first-order valence-corrected chi connectivity index (χ1v) is 4.16. The van der Waals surface area contributed by atoms with Gasteiger partial charge in [0.2, 0.25) is 0 Å². The van der Waals surface area contributed by atoms with Crippen LogP contribution in [0.3, 0.4) is 0 Å². The minimum absolute atomic E-state index is 0.00852. The van der Waals surface area contributed by atoms with Gasteiger partial charge in [-0.05, 0) is 20.8 Å². The molecule has 3 nitrogen and oxygen atoms in total. The van der Waals surface area contributed by atoms with E-state index >= 15 is 0 Å². The van der Waals surface area contributed by atoms with Crippen molar-refractivity contribution in [1.29, 1.82) is 0 Å². The Labute approximate surface area is 68.1 Å². The Morgan fingerprint density at radius 2 is 2.18 bits per heavy atom. The van der Waals surface area contributed by atoms with Crippen LogP contribution in [-0.4, -0.2) is 31.6 Å². The van der Waals surface area contributed by atoms with Crippen molar-refractivity contribution in [3.63, 3.8) is 0 Å². The molecule has 0 radical (unpaired) electrons. The minimum atomic E-state index is -0.0768. The van der Waals surface area contributed by atoms with Crippen LogP contribution in [-0.2, 0) is 9.47 Å². The summed E-state index contributed by atoms with van der Waals surface area (Å²) in [4.78, 5) is 0. The molecule has 3 heteroatoms. The van der Waals surface area contributed by atoms with Crippen molar-refractivity contribution in [2.24, 2.45) is 0 Å². The lowest BCUT2D eigenvalue weighted by atomic mass is 10.0. The van der Waals surface area contributed by atoms with E-state index in [9.17, 15) is 0 Å². The summed E-state index contributed by atoms with van der Waals surface area (Å²) in [6.07, 6.45) is -0.0768. The van der Waals surface area contributed by atoms with Gasteiger partial charge in [-0.3, -0.25) is 0 Å². The fraction of sp³-hybridized carbons (Fsp3) is 1.00. The molecule has 0 bridgehead atoms. The Morgan fingerprint density at radius 3 is 2.55 bits per heavy atom. The lowest BCUT2D eigenvalue weighted by Crippen LogP contribution is -2.60. The average Bonchev–Trinajstić information content (AvgIpc) is 1.85. The standard InChI is InChI=1S/C8H17NO2/c1-4-10-7(2)11-8(3)5-9-6-8/h7,9H,4-6H2,1-3H3. The molecule has 11 heavy (non-hydrogen) atoms. The van der Waals surface area contributed by atoms with Crippen LogP contribution in [0.5, 0.6) is 0 Å². The van der Waals surface area contributed by atoms with Crippen LogP contribution in [0.4, 0.5) is 0 Å². The molecule has 1 aliphatic rings. The molecule has 66 valence electrons. The topological polar surface area (TPSA) is 30.5 Å². The van der Waals surface area contributed by atoms with Gasteiger partial charge in [-0.15, -0.1) is 0 Å². The van der Waals surface area contributed by atoms with E-state index in [2.05, 4.69) is 12.2 Å². The van der Waals surface area contributed by atoms with Crippen molar-refractivity contribution in [2.75, 3.05) is 19.7 Å². The van der Waals surface area contributed by atoms with Crippen molar-refractivity contribution >= 4 is 0 Å². The van der Waals surface area contributed by atoms with Crippen LogP contribution in [0.1, 0.15) is 20.8 Å². The summed E-state index contributed by atoms with van der Waals surface area (Å²) >= 11 is 0. The molecule has 1 fully saturated rings. The van der Waals surface area contributed by atoms with Gasteiger partial charge in [0.05, 0.1) is 5.60 Å². The van der Waals surface area contributed by atoms with E-state index in [1.807, 2.05) is 13.8 Å². The molecule has 0 amide bonds. The SMILES string of the molecule is CCOC(C)OC1(C)CNC1. The summed E-state index contributed by atoms with van der Waals surface area (Å²) in [5.41, 5.74) is 0.00852. The zero-order chi connectivity index (χ0) is 8.32. The second-order valence-corrected chi connectivity index (χ2v) is 3.19. The molecule has 1 atom stereocenters. The van der Waals surface area contributed by atoms with Crippen LogP contribution in [0, 0.1) is 0 Å². The maximum Gasteiger partial charge on any atom is 0.155 e. The van der Waals surface area contributed by atoms with Crippen molar-refractivity contribution in [3.05, 3.63) is 0 Å². The molecule has 0 aromatic rings. The van der Waals surface area contributed by atoms with Gasteiger partial charge < -0.3 is 14.8 Å². The Hall–Kier alpha value is -0.120. The van der Waals surface area contributed by atoms with E-state index in [4.69, 9.17) is 9.47 Å². The van der Waals surface area contributed by atoms with Gasteiger partial charge in [0.1, 0.15) is 0 Å². The van der Waals surface area contributed by atoms with E-state index in [1.165, 1.54) is 0 Å². The molecular formula is C8H17NO2. The first-order chi connectivity index (χ1) is 5.16. The van der Waals surface area contributed by atoms with Crippen molar-refractivity contribution in [2.45, 2.75) is 32.7 Å². The van der Waals surface area contributed by atoms with E-state index in [0.717, 1.165) is 13.1 Å². The molecule has 0 saturated carbocycles. The largest absolute Gasteiger partial charge is 0.353 e. The monoisotopic (exact) mass is 159 g/mol. The fourth-order valence-electron chi connectivity index (χ4n) is 1.23. The number of rotatable bonds is 4. The van der Waals surface area contributed by atoms with Gasteiger partial charge in [-0.1, -0.05) is 0 Å². The summed E-state index contributed by atoms with van der Waals surface area (Å²) < 4.78 is 10.9. The predicted octanol–water partition coefficient (Wildman–Crippen LogP) is 0.747. The maximum atomic E-state index is 5.63. The van der Waals surface area contributed by atoms with E-state index < -0.39 is 0 Å². The van der Waals surface area contributed by atoms with Gasteiger partial charge in [0.15, 0.2) is 6.29 Å². The average molecular weight is 159 g/mol. The normalized spacial score (nSPS) is 24.3. The molecule has 0 aromatic carbocycles. The molecular weight excluding hydrogens is 142 g/mol. The molecule has 0 aromatic heterocycles. The van der Waals surface area contributed by atoms with Crippen molar-refractivity contribution < 1.29 is 9.47 Å². The Balaban J connectivity index is 2.18. The smallest absolute Gasteiger partial charge is 0.155 e. The fourth-order valence-corrected chi connectivity index (χ4v) is 1.23. The molecule has 1 heterocycles. The quantitative estimate of drug-likeness (QED) is 0.614. The van der Waals surface area contributed by atoms with Gasteiger partial charge >= 0.3 is 0 Å². The Kier molecular flexibility index (Phi) is 2.87. The summed E-state index contributed by atoms with van der Waals surface area (Å²) in [5.74, 6) is 0. The maximum absolute atomic E-state index is 5.63. The molecule has 1 N–H and O–H groups in total. The van der Waals surface area contributed by atoms with Crippen molar-refractivity contribution in [1.82, 2.24) is 5.32 Å². The third kappa shape index (κ3) is 2.43. The molecule has 1 saturated heterocycles. The number of hydrogen-bond donors (Lipinski definition) is 1. The molecule has 1 aliphatic heterocycles. The number of nitrogens with one attached hydrogen (secondary N) is 1. The highest BCUT2D eigenvalue weighted by atomic mass is 16.7. The first kappa shape index (κ1) is 8.97. The van der Waals surface area contributed by atoms with E-state index in [-0.39, 0.29) is 11.9 Å². The van der Waals surface area contributed by atoms with E-state index in [1.54, 1.807) is 0 Å². The van der Waals surface area contributed by atoms with Crippen LogP contribution in [0.2, 0.25) is 0 Å². The summed E-state index contributed by atoms with van der Waals surface area (Å²) in [6.45, 7) is 8.59. The van der Waals surface area contributed by atoms with Gasteiger partial charge in [-0.25, -0.2) is 0 Å². The lowest BCUT2D eigenvalue weighted by Gasteiger charge is -2.40. The molecule has 1 rings (SSSR count). The van der Waals surface area contributed by atoms with E-state index in [0.29, 0.717) is 6.61 Å². The highest BCUT2D eigenvalue weighted by Crippen LogP contribution is 2.17. The lowest BCUT2D eigenvalue weighted by molar-refractivity contribution is -0.208. The highest BCUT2D eigenvalue weighted by molar-refractivity contribution is 4.90. The summed E-state index contributed by atoms with van der Waals surface area (Å²) in [7, 11) is 0. The zero-order valence-electron chi connectivity index (χ0n) is 7.52. The minimum Gasteiger partial charge on any atom is -0.353 e. The van der Waals surface area contributed by atoms with Crippen LogP contribution in [0.15, 0.2) is 0 Å². The predicted molar refractivity (Wildman–Crippen MR) is 43.4 cm³/mol. The Bertz CT molecular complexity index is 123. The van der Waals surface area contributed by atoms with Gasteiger partial charge in [-0.2, -0.15) is 0 Å². The third-order valence-electron chi connectivity index (χ3n) is 1.85. The second-order valence-electron chi connectivity index (χ2n) is 3.19. The highest BCUT2D eigenvalue weighted by Gasteiger charge is 2.34. The zero-order valence-corrected chi connectivity index (χ0v) is 7.52. The van der Waals surface area contributed by atoms with Crippen LogP contribution < -0.4 is 5.32 Å². The molecule has 0 aliphatic carbocycles.